The predicted molar refractivity (Wildman–Crippen MR) is 145 cm³/mol. The van der Waals surface area contributed by atoms with Crippen LogP contribution in [0.1, 0.15) is 44.1 Å². The molecule has 1 aromatic carbocycles. The molecule has 1 spiro atoms. The van der Waals surface area contributed by atoms with Crippen LogP contribution in [0.15, 0.2) is 43.5 Å². The van der Waals surface area contributed by atoms with Gasteiger partial charge in [0.15, 0.2) is 0 Å². The van der Waals surface area contributed by atoms with Gasteiger partial charge in [-0.2, -0.15) is 0 Å². The number of unbranched alkanes of at least 4 members (excludes halogenated alkanes) is 2. The molecule has 3 aliphatic heterocycles. The zero-order valence-electron chi connectivity index (χ0n) is 21.9. The lowest BCUT2D eigenvalue weighted by atomic mass is 9.70. The molecule has 0 radical (unpaired) electrons. The number of anilines is 1. The van der Waals surface area contributed by atoms with Crippen molar-refractivity contribution in [1.82, 2.24) is 4.90 Å². The quantitative estimate of drug-likeness (QED) is 0.230. The number of halogens is 1. The Hall–Kier alpha value is -2.68. The number of amides is 2. The van der Waals surface area contributed by atoms with E-state index in [-0.39, 0.29) is 31.6 Å². The van der Waals surface area contributed by atoms with Crippen molar-refractivity contribution < 1.29 is 29.0 Å². The molecule has 1 aromatic rings. The zero-order chi connectivity index (χ0) is 27.4. The third-order valence-electron chi connectivity index (χ3n) is 7.97. The number of nitrogens with zero attached hydrogens (tertiary/aromatic N) is 2. The summed E-state index contributed by atoms with van der Waals surface area (Å²) in [5.41, 5.74) is 0.271. The lowest BCUT2D eigenvalue weighted by Gasteiger charge is -2.37. The first-order chi connectivity index (χ1) is 18.3. The summed E-state index contributed by atoms with van der Waals surface area (Å²) in [5.74, 6) is -2.57. The molecule has 38 heavy (non-hydrogen) atoms. The molecule has 0 aliphatic carbocycles. The van der Waals surface area contributed by atoms with Gasteiger partial charge in [0.1, 0.15) is 11.6 Å². The Kier molecular flexibility index (Phi) is 8.96. The number of aliphatic hydroxyl groups is 1. The SMILES string of the molecule is C=CCCOC(=O)[C@@H]1[C@@H]2CCC3(O2)C(C(=O)N(CC=C)c2c(C)cccc2Cl)N(CCCCCO)C(=O)[C@H]13. The minimum absolute atomic E-state index is 0.0607. The zero-order valence-corrected chi connectivity index (χ0v) is 22.7. The summed E-state index contributed by atoms with van der Waals surface area (Å²) in [6, 6.07) is 4.52. The van der Waals surface area contributed by atoms with Crippen LogP contribution in [0.3, 0.4) is 0 Å². The van der Waals surface area contributed by atoms with Crippen molar-refractivity contribution in [3.05, 3.63) is 54.1 Å². The highest BCUT2D eigenvalue weighted by Crippen LogP contribution is 2.59. The molecule has 5 atom stereocenters. The molecule has 3 aliphatic rings. The van der Waals surface area contributed by atoms with E-state index in [4.69, 9.17) is 21.1 Å². The van der Waals surface area contributed by atoms with Gasteiger partial charge >= 0.3 is 5.97 Å². The smallest absolute Gasteiger partial charge is 0.312 e. The van der Waals surface area contributed by atoms with E-state index in [9.17, 15) is 19.5 Å². The Morgan fingerprint density at radius 3 is 2.76 bits per heavy atom. The monoisotopic (exact) mass is 544 g/mol. The second kappa shape index (κ2) is 12.0. The molecule has 0 saturated carbocycles. The second-order valence-corrected chi connectivity index (χ2v) is 10.7. The van der Waals surface area contributed by atoms with Crippen LogP contribution in [0, 0.1) is 18.8 Å². The molecule has 2 unspecified atom stereocenters. The summed E-state index contributed by atoms with van der Waals surface area (Å²) in [7, 11) is 0. The summed E-state index contributed by atoms with van der Waals surface area (Å²) < 4.78 is 12.0. The molecule has 1 N–H and O–H groups in total. The summed E-state index contributed by atoms with van der Waals surface area (Å²) in [6.45, 7) is 10.1. The Balaban J connectivity index is 1.73. The van der Waals surface area contributed by atoms with E-state index in [0.29, 0.717) is 55.8 Å². The highest BCUT2D eigenvalue weighted by atomic mass is 35.5. The van der Waals surface area contributed by atoms with Crippen molar-refractivity contribution in [2.45, 2.75) is 63.2 Å². The van der Waals surface area contributed by atoms with Crippen molar-refractivity contribution in [2.75, 3.05) is 31.2 Å². The maximum Gasteiger partial charge on any atom is 0.312 e. The number of hydrogen-bond donors (Lipinski definition) is 1. The largest absolute Gasteiger partial charge is 0.465 e. The van der Waals surface area contributed by atoms with Crippen LogP contribution in [0.4, 0.5) is 5.69 Å². The topological polar surface area (TPSA) is 96.4 Å². The minimum Gasteiger partial charge on any atom is -0.465 e. The number of hydrogen-bond acceptors (Lipinski definition) is 6. The first kappa shape index (κ1) is 28.3. The van der Waals surface area contributed by atoms with Gasteiger partial charge in [-0.05, 0) is 57.1 Å². The summed E-state index contributed by atoms with van der Waals surface area (Å²) >= 11 is 6.58. The van der Waals surface area contributed by atoms with Gasteiger partial charge in [0.25, 0.3) is 5.91 Å². The van der Waals surface area contributed by atoms with Gasteiger partial charge in [-0.1, -0.05) is 35.9 Å². The fourth-order valence-electron chi connectivity index (χ4n) is 6.38. The van der Waals surface area contributed by atoms with E-state index in [0.717, 1.165) is 5.56 Å². The molecule has 2 bridgehead atoms. The van der Waals surface area contributed by atoms with Gasteiger partial charge in [-0.15, -0.1) is 13.2 Å². The van der Waals surface area contributed by atoms with Crippen LogP contribution in [0.2, 0.25) is 5.02 Å². The second-order valence-electron chi connectivity index (χ2n) is 10.3. The molecule has 2 amide bonds. The number of carbonyl (C=O) groups excluding carboxylic acids is 3. The molecular formula is C29H37ClN2O6. The van der Waals surface area contributed by atoms with Gasteiger partial charge in [-0.3, -0.25) is 14.4 Å². The Labute approximate surface area is 229 Å². The van der Waals surface area contributed by atoms with Crippen LogP contribution < -0.4 is 4.90 Å². The number of carbonyl (C=O) groups is 3. The lowest BCUT2D eigenvalue weighted by molar-refractivity contribution is -0.155. The molecule has 3 saturated heterocycles. The third kappa shape index (κ3) is 4.90. The lowest BCUT2D eigenvalue weighted by Crippen LogP contribution is -2.56. The number of ether oxygens (including phenoxy) is 2. The third-order valence-corrected chi connectivity index (χ3v) is 8.27. The molecule has 3 fully saturated rings. The molecule has 4 rings (SSSR count). The fourth-order valence-corrected chi connectivity index (χ4v) is 6.71. The maximum absolute atomic E-state index is 14.5. The number of fused-ring (bicyclic) bond motifs is 1. The molecule has 3 heterocycles. The Morgan fingerprint density at radius 1 is 1.29 bits per heavy atom. The number of para-hydroxylation sites is 1. The number of esters is 1. The van der Waals surface area contributed by atoms with E-state index in [1.807, 2.05) is 19.1 Å². The molecule has 0 aromatic heterocycles. The minimum atomic E-state index is -1.12. The van der Waals surface area contributed by atoms with Gasteiger partial charge in [0, 0.05) is 19.7 Å². The normalized spacial score (nSPS) is 27.3. The van der Waals surface area contributed by atoms with Crippen molar-refractivity contribution in [3.8, 4) is 0 Å². The first-order valence-electron chi connectivity index (χ1n) is 13.4. The summed E-state index contributed by atoms with van der Waals surface area (Å²) in [4.78, 5) is 44.8. The number of likely N-dealkylation sites (tertiary alicyclic amines) is 1. The van der Waals surface area contributed by atoms with Crippen LogP contribution in [0.5, 0.6) is 0 Å². The average Bonchev–Trinajstić information content (AvgIpc) is 3.53. The van der Waals surface area contributed by atoms with Crippen molar-refractivity contribution in [1.29, 1.82) is 0 Å². The average molecular weight is 545 g/mol. The fraction of sp³-hybridized carbons (Fsp3) is 0.552. The van der Waals surface area contributed by atoms with Crippen LogP contribution >= 0.6 is 11.6 Å². The van der Waals surface area contributed by atoms with E-state index in [1.54, 1.807) is 28.0 Å². The van der Waals surface area contributed by atoms with Crippen molar-refractivity contribution >= 4 is 35.1 Å². The highest BCUT2D eigenvalue weighted by molar-refractivity contribution is 6.34. The molecular weight excluding hydrogens is 508 g/mol. The van der Waals surface area contributed by atoms with Crippen LogP contribution in [-0.2, 0) is 23.9 Å². The summed E-state index contributed by atoms with van der Waals surface area (Å²) in [5, 5.41) is 9.64. The van der Waals surface area contributed by atoms with Gasteiger partial charge in [0.2, 0.25) is 5.91 Å². The number of aryl methyl sites for hydroxylation is 1. The van der Waals surface area contributed by atoms with Crippen molar-refractivity contribution in [3.63, 3.8) is 0 Å². The number of rotatable bonds is 13. The standard InChI is InChI=1S/C29H37ClN2O6/c1-4-6-18-37-28(36)22-21-13-14-29(38-21)23(22)26(34)32(16-8-7-9-17-33)25(29)27(35)31(15-5-2)24-19(3)11-10-12-20(24)30/h4-5,10-12,21-23,25,33H,1-2,6-9,13-18H2,3H3/t21-,22+,23-,25?,29?/m0/s1. The molecule has 8 nitrogen and oxygen atoms in total. The van der Waals surface area contributed by atoms with Crippen molar-refractivity contribution in [2.24, 2.45) is 11.8 Å². The Bertz CT molecular complexity index is 1070. The van der Waals surface area contributed by atoms with Crippen LogP contribution in [-0.4, -0.2) is 71.8 Å². The van der Waals surface area contributed by atoms with E-state index < -0.39 is 35.6 Å². The maximum atomic E-state index is 14.5. The van der Waals surface area contributed by atoms with E-state index in [1.165, 1.54) is 0 Å². The van der Waals surface area contributed by atoms with E-state index >= 15 is 0 Å². The van der Waals surface area contributed by atoms with E-state index in [2.05, 4.69) is 13.2 Å². The predicted octanol–water partition coefficient (Wildman–Crippen LogP) is 3.82. The van der Waals surface area contributed by atoms with Crippen LogP contribution in [0.25, 0.3) is 0 Å². The first-order valence-corrected chi connectivity index (χ1v) is 13.7. The van der Waals surface area contributed by atoms with Gasteiger partial charge in [-0.25, -0.2) is 0 Å². The number of benzene rings is 1. The Morgan fingerprint density at radius 2 is 2.08 bits per heavy atom. The molecule has 206 valence electrons. The highest BCUT2D eigenvalue weighted by Gasteiger charge is 2.75. The van der Waals surface area contributed by atoms with Gasteiger partial charge in [0.05, 0.1) is 35.3 Å². The van der Waals surface area contributed by atoms with Gasteiger partial charge < -0.3 is 24.4 Å². The summed E-state index contributed by atoms with van der Waals surface area (Å²) in [6.07, 6.45) is 6.33. The molecule has 9 heteroatoms. The number of aliphatic hydroxyl groups excluding tert-OH is 1.